The molecule has 0 amide bonds. The van der Waals surface area contributed by atoms with Crippen molar-refractivity contribution in [2.75, 3.05) is 0 Å². The van der Waals surface area contributed by atoms with Crippen molar-refractivity contribution < 1.29 is 15.3 Å². The Balaban J connectivity index is 1.45. The van der Waals surface area contributed by atoms with Crippen LogP contribution in [0.3, 0.4) is 0 Å². The summed E-state index contributed by atoms with van der Waals surface area (Å²) in [5.41, 5.74) is 2.95. The van der Waals surface area contributed by atoms with Crippen molar-refractivity contribution in [3.05, 3.63) is 35.5 Å². The molecule has 32 heavy (non-hydrogen) atoms. The fourth-order valence-electron chi connectivity index (χ4n) is 7.65. The average Bonchev–Trinajstić information content (AvgIpc) is 3.43. The van der Waals surface area contributed by atoms with Gasteiger partial charge in [-0.15, -0.1) is 0 Å². The predicted octanol–water partition coefficient (Wildman–Crippen LogP) is 6.09. The molecule has 0 aliphatic heterocycles. The van der Waals surface area contributed by atoms with Crippen molar-refractivity contribution >= 4 is 0 Å². The van der Waals surface area contributed by atoms with Crippen LogP contribution in [0, 0.1) is 28.6 Å². The minimum Gasteiger partial charge on any atom is -0.392 e. The van der Waals surface area contributed by atoms with Gasteiger partial charge in [-0.2, -0.15) is 0 Å². The Bertz CT molecular complexity index is 781. The average molecular weight is 443 g/mol. The van der Waals surface area contributed by atoms with Gasteiger partial charge in [-0.05, 0) is 106 Å². The van der Waals surface area contributed by atoms with Crippen molar-refractivity contribution in [3.8, 4) is 0 Å². The fourth-order valence-corrected chi connectivity index (χ4v) is 7.65. The lowest BCUT2D eigenvalue weighted by Crippen LogP contribution is -2.40. The maximum absolute atomic E-state index is 10.7. The Morgan fingerprint density at radius 2 is 1.88 bits per heavy atom. The van der Waals surface area contributed by atoms with Crippen LogP contribution in [0.15, 0.2) is 35.5 Å². The van der Waals surface area contributed by atoms with Crippen molar-refractivity contribution in [1.29, 1.82) is 0 Å². The minimum atomic E-state index is -0.590. The predicted molar refractivity (Wildman–Crippen MR) is 131 cm³/mol. The molecule has 3 heteroatoms. The molecule has 0 aromatic heterocycles. The van der Waals surface area contributed by atoms with E-state index in [1.54, 1.807) is 5.57 Å². The summed E-state index contributed by atoms with van der Waals surface area (Å²) < 4.78 is 0. The van der Waals surface area contributed by atoms with Gasteiger partial charge in [-0.3, -0.25) is 0 Å². The first-order chi connectivity index (χ1) is 15.0. The van der Waals surface area contributed by atoms with E-state index in [-0.39, 0.29) is 5.41 Å². The molecule has 0 heterocycles. The van der Waals surface area contributed by atoms with Gasteiger partial charge >= 0.3 is 0 Å². The van der Waals surface area contributed by atoms with E-state index >= 15 is 0 Å². The van der Waals surface area contributed by atoms with Crippen LogP contribution in [0.1, 0.15) is 98.3 Å². The van der Waals surface area contributed by atoms with E-state index in [9.17, 15) is 15.3 Å². The topological polar surface area (TPSA) is 60.7 Å². The summed E-state index contributed by atoms with van der Waals surface area (Å²) in [6.45, 7) is 13.0. The first kappa shape index (κ1) is 24.2. The number of allylic oxidation sites excluding steroid dienone is 3. The molecule has 180 valence electrons. The molecule has 0 saturated heterocycles. The molecular formula is C29H46O3. The zero-order valence-electron chi connectivity index (χ0n) is 20.9. The van der Waals surface area contributed by atoms with Gasteiger partial charge < -0.3 is 15.3 Å². The van der Waals surface area contributed by atoms with Gasteiger partial charge in [0.25, 0.3) is 0 Å². The maximum atomic E-state index is 10.7. The molecule has 0 aromatic carbocycles. The molecule has 4 aliphatic rings. The van der Waals surface area contributed by atoms with Gasteiger partial charge in [0.1, 0.15) is 0 Å². The highest BCUT2D eigenvalue weighted by Gasteiger charge is 2.58. The Kier molecular flexibility index (Phi) is 6.59. The Morgan fingerprint density at radius 3 is 2.53 bits per heavy atom. The lowest BCUT2D eigenvalue weighted by molar-refractivity contribution is 0.00125. The quantitative estimate of drug-likeness (QED) is 0.466. The minimum absolute atomic E-state index is 0.301. The smallest absolute Gasteiger partial charge is 0.0868 e. The summed E-state index contributed by atoms with van der Waals surface area (Å²) in [7, 11) is 0. The molecule has 0 bridgehead atoms. The number of aliphatic hydroxyl groups is 3. The van der Waals surface area contributed by atoms with Crippen molar-refractivity contribution in [2.45, 2.75) is 116 Å². The normalized spacial score (nSPS) is 40.2. The summed E-state index contributed by atoms with van der Waals surface area (Å²) in [4.78, 5) is 0. The summed E-state index contributed by atoms with van der Waals surface area (Å²) in [6, 6.07) is 0. The zero-order valence-corrected chi connectivity index (χ0v) is 20.9. The first-order valence-corrected chi connectivity index (χ1v) is 13.2. The lowest BCUT2D eigenvalue weighted by atomic mass is 9.60. The van der Waals surface area contributed by atoms with Gasteiger partial charge in [-0.1, -0.05) is 51.0 Å². The first-order valence-electron chi connectivity index (χ1n) is 13.2. The lowest BCUT2D eigenvalue weighted by Gasteiger charge is -2.44. The third-order valence-corrected chi connectivity index (χ3v) is 9.86. The Labute approximate surface area is 195 Å². The largest absolute Gasteiger partial charge is 0.392 e. The van der Waals surface area contributed by atoms with E-state index in [1.165, 1.54) is 38.5 Å². The number of hydrogen-bond donors (Lipinski definition) is 3. The van der Waals surface area contributed by atoms with Crippen LogP contribution in [-0.4, -0.2) is 33.1 Å². The monoisotopic (exact) mass is 442 g/mol. The summed E-state index contributed by atoms with van der Waals surface area (Å²) in [6.07, 6.45) is 15.5. The third kappa shape index (κ3) is 4.42. The number of fused-ring (bicyclic) bond motifs is 1. The zero-order chi connectivity index (χ0) is 23.3. The van der Waals surface area contributed by atoms with Crippen molar-refractivity contribution in [2.24, 2.45) is 28.6 Å². The SMILES string of the molecule is C=C1C(=CC=C2CCC[C@@]3(C)C2CC[C@@H]3[C@H](C)CCCC(C)(C)O)C[C@@H](O)C2(CC2)C1O. The van der Waals surface area contributed by atoms with Crippen LogP contribution in [0.25, 0.3) is 0 Å². The molecule has 4 saturated carbocycles. The van der Waals surface area contributed by atoms with Gasteiger partial charge in [0, 0.05) is 5.41 Å². The van der Waals surface area contributed by atoms with Crippen LogP contribution in [0.2, 0.25) is 0 Å². The standard InChI is InChI=1S/C29H46O3/c1-19(8-6-14-27(3,4)32)23-12-13-24-21(9-7-15-28(23,24)5)10-11-22-18-25(30)29(16-17-29)26(31)20(22)2/h10-11,19,23-26,30-32H,2,6-9,12-18H2,1,3-5H3/t19-,23-,24?,25-,26?,28-/m1/s1. The second-order valence-electron chi connectivity index (χ2n) is 12.6. The van der Waals surface area contributed by atoms with Crippen LogP contribution >= 0.6 is 0 Å². The molecule has 4 rings (SSSR count). The molecule has 1 spiro atoms. The number of hydrogen-bond acceptors (Lipinski definition) is 3. The molecule has 0 radical (unpaired) electrons. The highest BCUT2D eigenvalue weighted by molar-refractivity contribution is 5.42. The number of rotatable bonds is 6. The van der Waals surface area contributed by atoms with E-state index in [4.69, 9.17) is 0 Å². The van der Waals surface area contributed by atoms with Gasteiger partial charge in [-0.25, -0.2) is 0 Å². The number of aliphatic hydroxyl groups excluding tert-OH is 2. The molecule has 3 N–H and O–H groups in total. The highest BCUT2D eigenvalue weighted by atomic mass is 16.3. The Hall–Kier alpha value is -0.900. The molecule has 3 nitrogen and oxygen atoms in total. The molecule has 4 aliphatic carbocycles. The van der Waals surface area contributed by atoms with Crippen LogP contribution in [-0.2, 0) is 0 Å². The van der Waals surface area contributed by atoms with Crippen LogP contribution in [0.4, 0.5) is 0 Å². The summed E-state index contributed by atoms with van der Waals surface area (Å²) >= 11 is 0. The maximum Gasteiger partial charge on any atom is 0.0868 e. The van der Waals surface area contributed by atoms with Crippen LogP contribution < -0.4 is 0 Å². The van der Waals surface area contributed by atoms with E-state index < -0.39 is 17.8 Å². The van der Waals surface area contributed by atoms with Gasteiger partial charge in [0.05, 0.1) is 17.8 Å². The van der Waals surface area contributed by atoms with E-state index in [1.807, 2.05) is 13.8 Å². The molecule has 6 atom stereocenters. The summed E-state index contributed by atoms with van der Waals surface area (Å²) in [5.74, 6) is 2.10. The molecule has 4 fully saturated rings. The molecule has 2 unspecified atom stereocenters. The highest BCUT2D eigenvalue weighted by Crippen LogP contribution is 2.60. The van der Waals surface area contributed by atoms with Gasteiger partial charge in [0.15, 0.2) is 0 Å². The second kappa shape index (κ2) is 8.71. The van der Waals surface area contributed by atoms with Crippen molar-refractivity contribution in [1.82, 2.24) is 0 Å². The molecule has 0 aromatic rings. The van der Waals surface area contributed by atoms with E-state index in [0.717, 1.165) is 42.7 Å². The van der Waals surface area contributed by atoms with E-state index in [0.29, 0.717) is 23.7 Å². The Morgan fingerprint density at radius 1 is 1.16 bits per heavy atom. The fraction of sp³-hybridized carbons (Fsp3) is 0.793. The second-order valence-corrected chi connectivity index (χ2v) is 12.6. The van der Waals surface area contributed by atoms with Crippen molar-refractivity contribution in [3.63, 3.8) is 0 Å². The van der Waals surface area contributed by atoms with Crippen LogP contribution in [0.5, 0.6) is 0 Å². The molecular weight excluding hydrogens is 396 g/mol. The van der Waals surface area contributed by atoms with Gasteiger partial charge in [0.2, 0.25) is 0 Å². The third-order valence-electron chi connectivity index (χ3n) is 9.86. The summed E-state index contributed by atoms with van der Waals surface area (Å²) in [5, 5.41) is 31.4. The van der Waals surface area contributed by atoms with E-state index in [2.05, 4.69) is 32.6 Å².